The summed E-state index contributed by atoms with van der Waals surface area (Å²) in [6.45, 7) is 2.11. The molecule has 0 spiro atoms. The zero-order valence-electron chi connectivity index (χ0n) is 32.5. The number of aliphatic hydroxyl groups excluding tert-OH is 1. The Morgan fingerprint density at radius 3 is 2.35 bits per heavy atom. The summed E-state index contributed by atoms with van der Waals surface area (Å²) in [6, 6.07) is 38.0. The van der Waals surface area contributed by atoms with Crippen LogP contribution in [0.5, 0.6) is 5.75 Å². The number of phenols is 1. The number of hydrogen-bond acceptors (Lipinski definition) is 12. The van der Waals surface area contributed by atoms with Crippen LogP contribution >= 0.6 is 11.8 Å². The van der Waals surface area contributed by atoms with E-state index in [9.17, 15) is 24.6 Å². The number of hydrogen-bond donors (Lipinski definition) is 3. The van der Waals surface area contributed by atoms with E-state index in [-0.39, 0.29) is 56.0 Å². The fourth-order valence-corrected chi connectivity index (χ4v) is 8.31. The Bertz CT molecular complexity index is 2450. The highest BCUT2D eigenvalue weighted by molar-refractivity contribution is 7.99. The molecule has 8 rings (SSSR count). The van der Waals surface area contributed by atoms with Crippen LogP contribution in [0.3, 0.4) is 0 Å². The number of nitrogens with one attached hydrogen (secondary N) is 1. The zero-order chi connectivity index (χ0) is 41.6. The number of carbonyl (C=O) groups is 3. The van der Waals surface area contributed by atoms with Gasteiger partial charge in [-0.15, -0.1) is 5.10 Å². The number of amides is 3. The maximum atomic E-state index is 13.3. The largest absolute Gasteiger partial charge is 0.508 e. The van der Waals surface area contributed by atoms with Crippen molar-refractivity contribution in [2.24, 2.45) is 5.92 Å². The van der Waals surface area contributed by atoms with Crippen LogP contribution in [-0.4, -0.2) is 71.1 Å². The summed E-state index contributed by atoms with van der Waals surface area (Å²) in [5.41, 5.74) is 6.54. The van der Waals surface area contributed by atoms with Gasteiger partial charge in [0.1, 0.15) is 18.4 Å². The highest BCUT2D eigenvalue weighted by atomic mass is 32.2. The smallest absolute Gasteiger partial charge is 0.408 e. The maximum Gasteiger partial charge on any atom is 0.408 e. The quantitative estimate of drug-likeness (QED) is 0.0834. The Labute approximate surface area is 350 Å². The second-order valence-electron chi connectivity index (χ2n) is 14.6. The Hall–Kier alpha value is -6.39. The normalized spacial score (nSPS) is 20.3. The SMILES string of the molecule is CC1C(CSc2nnnn2-c2ccc(O)cc2)OC(c2cccc(-c3cccc(CN4C(=O)CC(NC(=O)OCc5ccccc5)C4=O)c3)c2)OC1c1ccc(CO)cc1. The van der Waals surface area contributed by atoms with Gasteiger partial charge in [0.05, 0.1) is 37.5 Å². The summed E-state index contributed by atoms with van der Waals surface area (Å²) in [5.74, 6) is -0.311. The van der Waals surface area contributed by atoms with Crippen molar-refractivity contribution in [2.45, 2.75) is 62.8 Å². The van der Waals surface area contributed by atoms with Crippen LogP contribution < -0.4 is 5.32 Å². The third kappa shape index (κ3) is 9.24. The second kappa shape index (κ2) is 18.3. The maximum absolute atomic E-state index is 13.3. The van der Waals surface area contributed by atoms with Gasteiger partial charge >= 0.3 is 6.09 Å². The Kier molecular flexibility index (Phi) is 12.3. The molecule has 3 amide bonds. The molecule has 2 saturated heterocycles. The van der Waals surface area contributed by atoms with Gasteiger partial charge < -0.3 is 29.7 Å². The molecule has 2 aliphatic rings. The van der Waals surface area contributed by atoms with Gasteiger partial charge in [-0.1, -0.05) is 110 Å². The van der Waals surface area contributed by atoms with Gasteiger partial charge in [-0.25, -0.2) is 4.79 Å². The van der Waals surface area contributed by atoms with E-state index in [4.69, 9.17) is 14.2 Å². The first-order valence-electron chi connectivity index (χ1n) is 19.4. The summed E-state index contributed by atoms with van der Waals surface area (Å²) in [4.78, 5) is 39.9. The number of tetrazole rings is 1. The van der Waals surface area contributed by atoms with E-state index in [2.05, 4.69) is 27.8 Å². The van der Waals surface area contributed by atoms with Crippen LogP contribution in [0.25, 0.3) is 16.8 Å². The molecule has 5 atom stereocenters. The number of rotatable bonds is 13. The number of benzene rings is 5. The number of imide groups is 1. The Balaban J connectivity index is 0.974. The molecule has 0 aliphatic carbocycles. The summed E-state index contributed by atoms with van der Waals surface area (Å²) >= 11 is 1.45. The van der Waals surface area contributed by atoms with Crippen molar-refractivity contribution in [3.8, 4) is 22.6 Å². The lowest BCUT2D eigenvalue weighted by Crippen LogP contribution is -2.41. The number of likely N-dealkylation sites (tertiary alicyclic amines) is 1. The molecule has 1 aromatic heterocycles. The number of aromatic nitrogens is 4. The third-order valence-electron chi connectivity index (χ3n) is 10.5. The molecular weight excluding hydrogens is 785 g/mol. The molecule has 0 radical (unpaired) electrons. The number of aromatic hydroxyl groups is 1. The molecule has 6 aromatic rings. The molecule has 2 aliphatic heterocycles. The lowest BCUT2D eigenvalue weighted by atomic mass is 9.91. The van der Waals surface area contributed by atoms with Crippen molar-refractivity contribution in [3.63, 3.8) is 0 Å². The van der Waals surface area contributed by atoms with E-state index in [0.717, 1.165) is 43.8 Å². The minimum atomic E-state index is -1.01. The molecule has 60 heavy (non-hydrogen) atoms. The second-order valence-corrected chi connectivity index (χ2v) is 15.6. The molecular formula is C45H42N6O8S. The average molecular weight is 827 g/mol. The summed E-state index contributed by atoms with van der Waals surface area (Å²) in [5, 5.41) is 34.9. The van der Waals surface area contributed by atoms with E-state index in [1.807, 2.05) is 103 Å². The van der Waals surface area contributed by atoms with E-state index in [1.54, 1.807) is 28.9 Å². The molecule has 5 unspecified atom stereocenters. The lowest BCUT2D eigenvalue weighted by Gasteiger charge is -2.41. The molecule has 306 valence electrons. The number of nitrogens with zero attached hydrogens (tertiary/aromatic N) is 5. The number of aliphatic hydroxyl groups is 1. The van der Waals surface area contributed by atoms with Crippen LogP contribution in [0.2, 0.25) is 0 Å². The van der Waals surface area contributed by atoms with Gasteiger partial charge in [0.25, 0.3) is 5.91 Å². The Morgan fingerprint density at radius 1 is 0.850 bits per heavy atom. The zero-order valence-corrected chi connectivity index (χ0v) is 33.4. The van der Waals surface area contributed by atoms with Crippen molar-refractivity contribution in [3.05, 3.63) is 155 Å². The third-order valence-corrected chi connectivity index (χ3v) is 11.6. The molecule has 2 fully saturated rings. The first-order chi connectivity index (χ1) is 29.2. The van der Waals surface area contributed by atoms with Gasteiger partial charge in [0.15, 0.2) is 6.29 Å². The van der Waals surface area contributed by atoms with Gasteiger partial charge in [0, 0.05) is 17.2 Å². The fraction of sp³-hybridized carbons (Fsp3) is 0.244. The predicted octanol–water partition coefficient (Wildman–Crippen LogP) is 6.66. The van der Waals surface area contributed by atoms with Crippen molar-refractivity contribution < 1.29 is 38.8 Å². The van der Waals surface area contributed by atoms with Gasteiger partial charge in [0.2, 0.25) is 11.1 Å². The molecule has 3 heterocycles. The van der Waals surface area contributed by atoms with E-state index >= 15 is 0 Å². The lowest BCUT2D eigenvalue weighted by molar-refractivity contribution is -0.268. The molecule has 15 heteroatoms. The summed E-state index contributed by atoms with van der Waals surface area (Å²) in [7, 11) is 0. The first kappa shape index (κ1) is 40.4. The number of ether oxygens (including phenoxy) is 3. The van der Waals surface area contributed by atoms with Crippen molar-refractivity contribution in [2.75, 3.05) is 5.75 Å². The topological polar surface area (TPSA) is 178 Å². The van der Waals surface area contributed by atoms with E-state index in [0.29, 0.717) is 16.6 Å². The highest BCUT2D eigenvalue weighted by Gasteiger charge is 2.40. The van der Waals surface area contributed by atoms with Gasteiger partial charge in [-0.3, -0.25) is 14.5 Å². The van der Waals surface area contributed by atoms with Crippen molar-refractivity contribution in [1.29, 1.82) is 0 Å². The first-order valence-corrected chi connectivity index (χ1v) is 20.4. The van der Waals surface area contributed by atoms with Crippen LogP contribution in [0.4, 0.5) is 4.79 Å². The minimum absolute atomic E-state index is 0.0430. The molecule has 0 saturated carbocycles. The van der Waals surface area contributed by atoms with Crippen LogP contribution in [0.15, 0.2) is 133 Å². The predicted molar refractivity (Wildman–Crippen MR) is 220 cm³/mol. The molecule has 3 N–H and O–H groups in total. The fourth-order valence-electron chi connectivity index (χ4n) is 7.26. The standard InChI is InChI=1S/C45H42N6O8S/c1-28-39(27-60-44-47-48-49-51(44)36-17-19-37(53)20-18-36)58-43(59-41(28)32-15-13-29(25-52)14-16-32)35-12-6-11-34(22-35)33-10-5-9-31(21-33)24-50-40(54)23-38(42(50)55)46-45(56)57-26-30-7-3-2-4-8-30/h2-22,28,38-39,41,43,52-53H,23-27H2,1H3,(H,46,56). The Morgan fingerprint density at radius 2 is 1.58 bits per heavy atom. The molecule has 14 nitrogen and oxygen atoms in total. The number of phenolic OH excluding ortho intramolecular Hbond substituents is 1. The number of thioether (sulfide) groups is 1. The molecule has 5 aromatic carbocycles. The summed E-state index contributed by atoms with van der Waals surface area (Å²) in [6.07, 6.45) is -2.30. The van der Waals surface area contributed by atoms with Gasteiger partial charge in [-0.05, 0) is 80.2 Å². The average Bonchev–Trinajstić information content (AvgIpc) is 3.86. The minimum Gasteiger partial charge on any atom is -0.508 e. The van der Waals surface area contributed by atoms with Crippen molar-refractivity contribution in [1.82, 2.24) is 30.4 Å². The van der Waals surface area contributed by atoms with E-state index < -0.39 is 24.3 Å². The monoisotopic (exact) mass is 826 g/mol. The number of carbonyl (C=O) groups excluding carboxylic acids is 3. The van der Waals surface area contributed by atoms with Crippen LogP contribution in [-0.2, 0) is 43.6 Å². The molecule has 0 bridgehead atoms. The van der Waals surface area contributed by atoms with Crippen molar-refractivity contribution >= 4 is 29.7 Å². The van der Waals surface area contributed by atoms with Crippen LogP contribution in [0, 0.1) is 5.92 Å². The number of alkyl carbamates (subject to hydrolysis) is 1. The highest BCUT2D eigenvalue weighted by Crippen LogP contribution is 2.43. The van der Waals surface area contributed by atoms with E-state index in [1.165, 1.54) is 11.8 Å². The van der Waals surface area contributed by atoms with Crippen LogP contribution in [0.1, 0.15) is 53.6 Å². The summed E-state index contributed by atoms with van der Waals surface area (Å²) < 4.78 is 20.3. The van der Waals surface area contributed by atoms with Gasteiger partial charge in [-0.2, -0.15) is 4.68 Å².